The van der Waals surface area contributed by atoms with E-state index in [1.54, 1.807) is 0 Å². The first-order chi connectivity index (χ1) is 20.2. The molecule has 0 amide bonds. The minimum absolute atomic E-state index is 0.0405. The van der Waals surface area contributed by atoms with Crippen molar-refractivity contribution in [3.05, 3.63) is 141 Å². The van der Waals surface area contributed by atoms with Crippen molar-refractivity contribution in [3.8, 4) is 0 Å². The van der Waals surface area contributed by atoms with Crippen LogP contribution in [0, 0.1) is 6.92 Å². The van der Waals surface area contributed by atoms with E-state index in [-0.39, 0.29) is 6.04 Å². The van der Waals surface area contributed by atoms with E-state index in [0.717, 1.165) is 50.3 Å². The predicted octanol–water partition coefficient (Wildman–Crippen LogP) is 6.68. The van der Waals surface area contributed by atoms with Crippen LogP contribution in [-0.4, -0.2) is 15.7 Å². The Morgan fingerprint density at radius 2 is 1.34 bits per heavy atom. The van der Waals surface area contributed by atoms with Gasteiger partial charge in [0.2, 0.25) is 0 Å². The SMILES string of the molecule is Cc1ccc2c3[nH]c(c2c1)C=C1NC(C=c2[nH]c(c4ccccc24)=CC2=NC(=C3)c3ccccc32)c2ccccc21. The maximum atomic E-state index is 5.20. The minimum atomic E-state index is 0.0405. The van der Waals surface area contributed by atoms with Crippen LogP contribution in [0.25, 0.3) is 57.2 Å². The lowest BCUT2D eigenvalue weighted by Crippen LogP contribution is -2.16. The smallest absolute Gasteiger partial charge is 0.0737 e. The van der Waals surface area contributed by atoms with Crippen LogP contribution in [0.5, 0.6) is 0 Å². The zero-order valence-corrected chi connectivity index (χ0v) is 22.5. The standard InChI is InChI=1S/C37H26N4/c1-21-14-15-28-29(16-21)37-20-35-27-13-7-6-12-26(27)33(40-35)18-31-23-9-3-2-8-22(23)30(38-31)17-32-24-10-4-5-11-25(24)34(39-32)19-36(28)41-37/h2-20,33,38,40-41H,1H3. The molecule has 194 valence electrons. The second-order valence-electron chi connectivity index (χ2n) is 11.1. The van der Waals surface area contributed by atoms with Crippen molar-refractivity contribution in [2.75, 3.05) is 0 Å². The summed E-state index contributed by atoms with van der Waals surface area (Å²) < 4.78 is 0. The van der Waals surface area contributed by atoms with Gasteiger partial charge in [-0.2, -0.15) is 0 Å². The molecule has 9 rings (SSSR count). The van der Waals surface area contributed by atoms with Crippen LogP contribution in [0.1, 0.15) is 45.2 Å². The number of nitrogens with one attached hydrogen (secondary N) is 3. The maximum absolute atomic E-state index is 5.20. The zero-order chi connectivity index (χ0) is 27.1. The average Bonchev–Trinajstić information content (AvgIpc) is 3.72. The van der Waals surface area contributed by atoms with Crippen molar-refractivity contribution in [1.82, 2.24) is 15.3 Å². The largest absolute Gasteiger partial charge is 0.374 e. The fourth-order valence-corrected chi connectivity index (χ4v) is 6.67. The molecule has 4 nitrogen and oxygen atoms in total. The quantitative estimate of drug-likeness (QED) is 0.203. The van der Waals surface area contributed by atoms with Crippen molar-refractivity contribution in [1.29, 1.82) is 0 Å². The van der Waals surface area contributed by atoms with E-state index < -0.39 is 0 Å². The second-order valence-corrected chi connectivity index (χ2v) is 11.1. The van der Waals surface area contributed by atoms with Crippen LogP contribution >= 0.6 is 0 Å². The molecule has 1 atom stereocenters. The summed E-state index contributed by atoms with van der Waals surface area (Å²) in [5.74, 6) is 0. The topological polar surface area (TPSA) is 56.0 Å². The summed E-state index contributed by atoms with van der Waals surface area (Å²) in [5.41, 5.74) is 11.3. The monoisotopic (exact) mass is 526 g/mol. The molecule has 8 bridgehead atoms. The number of aryl methyl sites for hydroxylation is 1. The molecule has 3 N–H and O–H groups in total. The second kappa shape index (κ2) is 8.33. The summed E-state index contributed by atoms with van der Waals surface area (Å²) in [6, 6.07) is 32.6. The summed E-state index contributed by atoms with van der Waals surface area (Å²) >= 11 is 0. The Labute approximate surface area is 236 Å². The Balaban J connectivity index is 1.41. The van der Waals surface area contributed by atoms with Gasteiger partial charge in [-0.05, 0) is 42.9 Å². The predicted molar refractivity (Wildman–Crippen MR) is 171 cm³/mol. The van der Waals surface area contributed by atoms with E-state index in [2.05, 4.69) is 138 Å². The first kappa shape index (κ1) is 22.5. The Hall–Kier alpha value is -5.35. The molecule has 41 heavy (non-hydrogen) atoms. The van der Waals surface area contributed by atoms with Gasteiger partial charge in [0.15, 0.2) is 0 Å². The van der Waals surface area contributed by atoms with Gasteiger partial charge in [-0.15, -0.1) is 0 Å². The van der Waals surface area contributed by atoms with Gasteiger partial charge in [-0.1, -0.05) is 90.5 Å². The Morgan fingerprint density at radius 1 is 0.610 bits per heavy atom. The first-order valence-electron chi connectivity index (χ1n) is 14.1. The number of fused-ring (bicyclic) bond motifs is 19. The van der Waals surface area contributed by atoms with Crippen molar-refractivity contribution in [3.63, 3.8) is 0 Å². The number of aromatic amines is 2. The van der Waals surface area contributed by atoms with Crippen molar-refractivity contribution in [2.45, 2.75) is 13.0 Å². The van der Waals surface area contributed by atoms with Crippen molar-refractivity contribution >= 4 is 63.0 Å². The minimum Gasteiger partial charge on any atom is -0.374 e. The molecule has 4 aromatic carbocycles. The van der Waals surface area contributed by atoms with E-state index in [0.29, 0.717) is 0 Å². The van der Waals surface area contributed by atoms with Gasteiger partial charge in [0, 0.05) is 66.0 Å². The highest BCUT2D eigenvalue weighted by Crippen LogP contribution is 2.37. The lowest BCUT2D eigenvalue weighted by Gasteiger charge is -2.07. The lowest BCUT2D eigenvalue weighted by molar-refractivity contribution is 0.852. The number of nitrogens with zero attached hydrogens (tertiary/aromatic N) is 1. The normalized spacial score (nSPS) is 16.7. The van der Waals surface area contributed by atoms with Gasteiger partial charge >= 0.3 is 0 Å². The van der Waals surface area contributed by atoms with E-state index in [1.807, 2.05) is 0 Å². The van der Waals surface area contributed by atoms with E-state index in [9.17, 15) is 0 Å². The van der Waals surface area contributed by atoms with E-state index >= 15 is 0 Å². The summed E-state index contributed by atoms with van der Waals surface area (Å²) in [7, 11) is 0. The maximum Gasteiger partial charge on any atom is 0.0737 e. The molecule has 2 aromatic heterocycles. The molecular weight excluding hydrogens is 500 g/mol. The molecule has 5 heterocycles. The lowest BCUT2D eigenvalue weighted by atomic mass is 10.0. The van der Waals surface area contributed by atoms with Crippen LogP contribution in [-0.2, 0) is 0 Å². The number of aliphatic imine (C=N–C) groups is 1. The number of benzene rings is 4. The third-order valence-corrected chi connectivity index (χ3v) is 8.60. The average molecular weight is 527 g/mol. The molecule has 0 saturated heterocycles. The molecule has 0 aliphatic carbocycles. The zero-order valence-electron chi connectivity index (χ0n) is 22.5. The molecule has 1 unspecified atom stereocenters. The molecular formula is C37H26N4. The number of H-pyrrole nitrogens is 2. The van der Waals surface area contributed by atoms with Crippen LogP contribution in [0.2, 0.25) is 0 Å². The van der Waals surface area contributed by atoms with Crippen LogP contribution in [0.4, 0.5) is 0 Å². The molecule has 3 aliphatic rings. The van der Waals surface area contributed by atoms with Crippen LogP contribution in [0.15, 0.2) is 96.0 Å². The van der Waals surface area contributed by atoms with E-state index in [4.69, 9.17) is 4.99 Å². The molecule has 0 fully saturated rings. The number of hydrogen-bond acceptors (Lipinski definition) is 2. The molecule has 3 aliphatic heterocycles. The van der Waals surface area contributed by atoms with Crippen LogP contribution in [0.3, 0.4) is 0 Å². The molecule has 4 heteroatoms. The molecule has 6 aromatic rings. The van der Waals surface area contributed by atoms with E-state index in [1.165, 1.54) is 38.2 Å². The van der Waals surface area contributed by atoms with Crippen LogP contribution < -0.4 is 16.0 Å². The fraction of sp³-hybridized carbons (Fsp3) is 0.0541. The number of rotatable bonds is 0. The highest BCUT2D eigenvalue weighted by Gasteiger charge is 2.25. The Kier molecular flexibility index (Phi) is 4.56. The van der Waals surface area contributed by atoms with Gasteiger partial charge in [0.25, 0.3) is 0 Å². The highest BCUT2D eigenvalue weighted by molar-refractivity contribution is 6.28. The van der Waals surface area contributed by atoms with Crippen molar-refractivity contribution in [2.24, 2.45) is 4.99 Å². The molecule has 0 saturated carbocycles. The first-order valence-corrected chi connectivity index (χ1v) is 14.1. The van der Waals surface area contributed by atoms with Gasteiger partial charge in [0.05, 0.1) is 17.5 Å². The summed E-state index contributed by atoms with van der Waals surface area (Å²) in [6.07, 6.45) is 9.00. The third kappa shape index (κ3) is 3.37. The molecule has 0 spiro atoms. The van der Waals surface area contributed by atoms with Crippen molar-refractivity contribution < 1.29 is 0 Å². The third-order valence-electron chi connectivity index (χ3n) is 8.60. The van der Waals surface area contributed by atoms with Gasteiger partial charge < -0.3 is 15.3 Å². The summed E-state index contributed by atoms with van der Waals surface area (Å²) in [5, 5.41) is 10.8. The Morgan fingerprint density at radius 3 is 2.22 bits per heavy atom. The highest BCUT2D eigenvalue weighted by atomic mass is 15.0. The fourth-order valence-electron chi connectivity index (χ4n) is 6.67. The Bertz CT molecular complexity index is 2300. The molecule has 0 radical (unpaired) electrons. The van der Waals surface area contributed by atoms with Gasteiger partial charge in [-0.3, -0.25) is 0 Å². The van der Waals surface area contributed by atoms with Gasteiger partial charge in [-0.25, -0.2) is 4.99 Å². The van der Waals surface area contributed by atoms with Gasteiger partial charge in [0.1, 0.15) is 0 Å². The summed E-state index contributed by atoms with van der Waals surface area (Å²) in [6.45, 7) is 2.15. The number of hydrogen-bond donors (Lipinski definition) is 3. The summed E-state index contributed by atoms with van der Waals surface area (Å²) in [4.78, 5) is 12.7. The number of aromatic nitrogens is 2.